The van der Waals surface area contributed by atoms with Gasteiger partial charge >= 0.3 is 0 Å². The van der Waals surface area contributed by atoms with Crippen LogP contribution < -0.4 is 15.2 Å². The molecule has 1 saturated carbocycles. The number of rotatable bonds is 6. The van der Waals surface area contributed by atoms with Gasteiger partial charge in [-0.05, 0) is 50.2 Å². The highest BCUT2D eigenvalue weighted by molar-refractivity contribution is 5.76. The molecule has 0 aliphatic heterocycles. The number of ether oxygens (including phenoxy) is 2. The van der Waals surface area contributed by atoms with Gasteiger partial charge in [-0.15, -0.1) is 0 Å². The number of aromatic nitrogens is 2. The van der Waals surface area contributed by atoms with Gasteiger partial charge in [-0.1, -0.05) is 0 Å². The summed E-state index contributed by atoms with van der Waals surface area (Å²) in [5, 5.41) is 0. The maximum Gasteiger partial charge on any atom is 0.232 e. The third kappa shape index (κ3) is 3.93. The van der Waals surface area contributed by atoms with Crippen LogP contribution in [0.3, 0.4) is 0 Å². The van der Waals surface area contributed by atoms with Gasteiger partial charge in [0.2, 0.25) is 11.8 Å². The molecule has 0 bridgehead atoms. The number of carbonyl (C=O) groups excluding carboxylic acids is 1. The van der Waals surface area contributed by atoms with E-state index in [4.69, 9.17) is 15.2 Å². The van der Waals surface area contributed by atoms with Crippen molar-refractivity contribution < 1.29 is 14.3 Å². The molecule has 1 amide bonds. The van der Waals surface area contributed by atoms with Gasteiger partial charge in [0.1, 0.15) is 5.75 Å². The Kier molecular flexibility index (Phi) is 5.13. The number of benzene rings is 1. The number of carbonyl (C=O) groups is 1. The first-order valence-electron chi connectivity index (χ1n) is 8.38. The van der Waals surface area contributed by atoms with Gasteiger partial charge in [0.05, 0.1) is 30.9 Å². The summed E-state index contributed by atoms with van der Waals surface area (Å²) in [6.45, 7) is 0.607. The van der Waals surface area contributed by atoms with Crippen molar-refractivity contribution >= 4 is 16.9 Å². The van der Waals surface area contributed by atoms with Gasteiger partial charge in [0, 0.05) is 12.0 Å². The largest absolute Gasteiger partial charge is 0.497 e. The van der Waals surface area contributed by atoms with Gasteiger partial charge < -0.3 is 15.2 Å². The van der Waals surface area contributed by atoms with Crippen LogP contribution in [0, 0.1) is 11.8 Å². The molecule has 128 valence electrons. The maximum atomic E-state index is 11.2. The highest BCUT2D eigenvalue weighted by Crippen LogP contribution is 2.30. The molecule has 2 aromatic rings. The summed E-state index contributed by atoms with van der Waals surface area (Å²) in [7, 11) is 1.63. The predicted molar refractivity (Wildman–Crippen MR) is 90.8 cm³/mol. The molecule has 1 aromatic carbocycles. The number of amides is 1. The van der Waals surface area contributed by atoms with E-state index in [0.29, 0.717) is 18.4 Å². The minimum atomic E-state index is -0.161. The van der Waals surface area contributed by atoms with E-state index in [1.165, 1.54) is 0 Å². The van der Waals surface area contributed by atoms with Gasteiger partial charge in [-0.25, -0.2) is 9.97 Å². The number of fused-ring (bicyclic) bond motifs is 1. The Bertz CT molecular complexity index is 712. The van der Waals surface area contributed by atoms with Crippen molar-refractivity contribution in [2.45, 2.75) is 32.1 Å². The molecule has 1 aliphatic rings. The molecule has 1 fully saturated rings. The number of nitrogens with zero attached hydrogens (tertiary/aromatic N) is 2. The SMILES string of the molecule is COc1ccc2ncc(OCCC3CCC(C(N)=O)CC3)nc2c1. The number of hydrogen-bond acceptors (Lipinski definition) is 5. The average molecular weight is 329 g/mol. The van der Waals surface area contributed by atoms with Crippen molar-refractivity contribution in [2.24, 2.45) is 17.6 Å². The topological polar surface area (TPSA) is 87.3 Å². The van der Waals surface area contributed by atoms with E-state index in [-0.39, 0.29) is 11.8 Å². The molecule has 0 unspecified atom stereocenters. The Morgan fingerprint density at radius 2 is 2.04 bits per heavy atom. The first-order valence-corrected chi connectivity index (χ1v) is 8.38. The second-order valence-electron chi connectivity index (χ2n) is 6.32. The molecule has 0 radical (unpaired) electrons. The van der Waals surface area contributed by atoms with Gasteiger partial charge in [0.15, 0.2) is 0 Å². The van der Waals surface area contributed by atoms with Crippen molar-refractivity contribution in [2.75, 3.05) is 13.7 Å². The first-order chi connectivity index (χ1) is 11.7. The van der Waals surface area contributed by atoms with Gasteiger partial charge in [-0.3, -0.25) is 4.79 Å². The van der Waals surface area contributed by atoms with Crippen LogP contribution in [0.15, 0.2) is 24.4 Å². The van der Waals surface area contributed by atoms with Crippen LogP contribution in [0.1, 0.15) is 32.1 Å². The Morgan fingerprint density at radius 3 is 2.75 bits per heavy atom. The fourth-order valence-corrected chi connectivity index (χ4v) is 3.24. The lowest BCUT2D eigenvalue weighted by atomic mass is 9.80. The van der Waals surface area contributed by atoms with E-state index in [1.54, 1.807) is 13.3 Å². The third-order valence-electron chi connectivity index (χ3n) is 4.75. The standard InChI is InChI=1S/C18H23N3O3/c1-23-14-6-7-15-16(10-14)21-17(11-20-15)24-9-8-12-2-4-13(5-3-12)18(19)22/h6-7,10-13H,2-5,8-9H2,1H3,(H2,19,22). The van der Waals surface area contributed by atoms with Crippen molar-refractivity contribution in [3.63, 3.8) is 0 Å². The normalized spacial score (nSPS) is 20.7. The minimum Gasteiger partial charge on any atom is -0.497 e. The Morgan fingerprint density at radius 1 is 1.25 bits per heavy atom. The van der Waals surface area contributed by atoms with E-state index in [1.807, 2.05) is 18.2 Å². The third-order valence-corrected chi connectivity index (χ3v) is 4.75. The fourth-order valence-electron chi connectivity index (χ4n) is 3.24. The quantitative estimate of drug-likeness (QED) is 0.880. The van der Waals surface area contributed by atoms with E-state index in [9.17, 15) is 4.79 Å². The maximum absolute atomic E-state index is 11.2. The monoisotopic (exact) mass is 329 g/mol. The molecule has 24 heavy (non-hydrogen) atoms. The molecule has 6 nitrogen and oxygen atoms in total. The second-order valence-corrected chi connectivity index (χ2v) is 6.32. The molecule has 1 aromatic heterocycles. The molecule has 0 spiro atoms. The number of primary amides is 1. The van der Waals surface area contributed by atoms with Crippen LogP contribution in [0.25, 0.3) is 11.0 Å². The van der Waals surface area contributed by atoms with Gasteiger partial charge in [0.25, 0.3) is 0 Å². The molecule has 0 saturated heterocycles. The average Bonchev–Trinajstić information content (AvgIpc) is 2.61. The molecule has 1 aliphatic carbocycles. The zero-order valence-corrected chi connectivity index (χ0v) is 13.9. The van der Waals surface area contributed by atoms with Crippen LogP contribution in [0.2, 0.25) is 0 Å². The number of methoxy groups -OCH3 is 1. The van der Waals surface area contributed by atoms with E-state index in [0.717, 1.165) is 48.9 Å². The Labute approximate surface area is 141 Å². The number of hydrogen-bond donors (Lipinski definition) is 1. The predicted octanol–water partition coefficient (Wildman–Crippen LogP) is 2.70. The summed E-state index contributed by atoms with van der Waals surface area (Å²) >= 11 is 0. The van der Waals surface area contributed by atoms with Crippen LogP contribution in [-0.2, 0) is 4.79 Å². The Balaban J connectivity index is 1.52. The van der Waals surface area contributed by atoms with Crippen LogP contribution in [0.4, 0.5) is 0 Å². The lowest BCUT2D eigenvalue weighted by molar-refractivity contribution is -0.122. The van der Waals surface area contributed by atoms with Crippen LogP contribution in [0.5, 0.6) is 11.6 Å². The smallest absolute Gasteiger partial charge is 0.232 e. The van der Waals surface area contributed by atoms with Gasteiger partial charge in [-0.2, -0.15) is 0 Å². The van der Waals surface area contributed by atoms with Crippen LogP contribution >= 0.6 is 0 Å². The van der Waals surface area contributed by atoms with Crippen LogP contribution in [-0.4, -0.2) is 29.6 Å². The highest BCUT2D eigenvalue weighted by atomic mass is 16.5. The van der Waals surface area contributed by atoms with Crippen molar-refractivity contribution in [1.82, 2.24) is 9.97 Å². The molecular formula is C18H23N3O3. The summed E-state index contributed by atoms with van der Waals surface area (Å²) in [6.07, 6.45) is 6.49. The summed E-state index contributed by atoms with van der Waals surface area (Å²) in [5.74, 6) is 1.77. The molecule has 2 N–H and O–H groups in total. The summed E-state index contributed by atoms with van der Waals surface area (Å²) < 4.78 is 11.0. The lowest BCUT2D eigenvalue weighted by Crippen LogP contribution is -2.28. The van der Waals surface area contributed by atoms with Crippen molar-refractivity contribution in [1.29, 1.82) is 0 Å². The minimum absolute atomic E-state index is 0.0588. The zero-order chi connectivity index (χ0) is 16.9. The fraction of sp³-hybridized carbons (Fsp3) is 0.500. The molecule has 1 heterocycles. The molecule has 6 heteroatoms. The van der Waals surface area contributed by atoms with E-state index < -0.39 is 0 Å². The molecule has 0 atom stereocenters. The Hall–Kier alpha value is -2.37. The summed E-state index contributed by atoms with van der Waals surface area (Å²) in [5.41, 5.74) is 6.94. The van der Waals surface area contributed by atoms with E-state index >= 15 is 0 Å². The summed E-state index contributed by atoms with van der Waals surface area (Å²) in [4.78, 5) is 20.0. The number of nitrogens with two attached hydrogens (primary N) is 1. The van der Waals surface area contributed by atoms with E-state index in [2.05, 4.69) is 9.97 Å². The molecular weight excluding hydrogens is 306 g/mol. The first kappa shape index (κ1) is 16.5. The highest BCUT2D eigenvalue weighted by Gasteiger charge is 2.24. The summed E-state index contributed by atoms with van der Waals surface area (Å²) in [6, 6.07) is 5.59. The lowest BCUT2D eigenvalue weighted by Gasteiger charge is -2.26. The van der Waals surface area contributed by atoms with Crippen molar-refractivity contribution in [3.8, 4) is 11.6 Å². The second kappa shape index (κ2) is 7.47. The van der Waals surface area contributed by atoms with Crippen molar-refractivity contribution in [3.05, 3.63) is 24.4 Å². The molecule has 3 rings (SSSR count). The zero-order valence-electron chi connectivity index (χ0n) is 13.9.